The average molecular weight is 241 g/mol. The lowest BCUT2D eigenvalue weighted by Gasteiger charge is -2.28. The quantitative estimate of drug-likeness (QED) is 0.554. The Balaban J connectivity index is 1.76. The van der Waals surface area contributed by atoms with E-state index in [4.69, 9.17) is 5.84 Å². The molecule has 2 aliphatic rings. The van der Waals surface area contributed by atoms with Gasteiger partial charge in [0.25, 0.3) is 0 Å². The molecule has 1 saturated carbocycles. The zero-order chi connectivity index (χ0) is 12.1. The van der Waals surface area contributed by atoms with Crippen molar-refractivity contribution < 1.29 is 9.63 Å². The van der Waals surface area contributed by atoms with Crippen LogP contribution in [0.25, 0.3) is 0 Å². The molecule has 5 nitrogen and oxygen atoms in total. The molecule has 0 aromatic carbocycles. The van der Waals surface area contributed by atoms with Gasteiger partial charge in [0.05, 0.1) is 6.42 Å². The van der Waals surface area contributed by atoms with E-state index in [-0.39, 0.29) is 5.97 Å². The molecular formula is C12H23N3O2. The molecule has 0 amide bonds. The number of hydrogen-bond acceptors (Lipinski definition) is 5. The van der Waals surface area contributed by atoms with Crippen molar-refractivity contribution >= 4 is 5.97 Å². The van der Waals surface area contributed by atoms with Crippen LogP contribution in [0, 0.1) is 5.92 Å². The van der Waals surface area contributed by atoms with Gasteiger partial charge in [-0.1, -0.05) is 18.4 Å². The van der Waals surface area contributed by atoms with Gasteiger partial charge in [0.15, 0.2) is 0 Å². The molecule has 98 valence electrons. The van der Waals surface area contributed by atoms with Crippen LogP contribution in [0.3, 0.4) is 0 Å². The summed E-state index contributed by atoms with van der Waals surface area (Å²) in [5.74, 6) is 5.52. The molecule has 5 heteroatoms. The molecule has 0 bridgehead atoms. The lowest BCUT2D eigenvalue weighted by molar-refractivity contribution is -0.151. The molecule has 0 aromatic heterocycles. The molecule has 17 heavy (non-hydrogen) atoms. The van der Waals surface area contributed by atoms with Gasteiger partial charge in [-0.3, -0.25) is 9.69 Å². The van der Waals surface area contributed by atoms with Crippen molar-refractivity contribution in [2.24, 2.45) is 11.8 Å². The van der Waals surface area contributed by atoms with E-state index < -0.39 is 0 Å². The van der Waals surface area contributed by atoms with Crippen molar-refractivity contribution in [2.75, 3.05) is 13.1 Å². The zero-order valence-electron chi connectivity index (χ0n) is 10.4. The Morgan fingerprint density at radius 2 is 2.06 bits per heavy atom. The van der Waals surface area contributed by atoms with E-state index in [9.17, 15) is 4.79 Å². The van der Waals surface area contributed by atoms with Gasteiger partial charge in [0.2, 0.25) is 0 Å². The number of rotatable bonds is 5. The predicted molar refractivity (Wildman–Crippen MR) is 64.6 cm³/mol. The smallest absolute Gasteiger partial charge is 0.327 e. The molecule has 2 rings (SSSR count). The third-order valence-electron chi connectivity index (χ3n) is 4.13. The highest BCUT2D eigenvalue weighted by Gasteiger charge is 2.33. The first-order valence-corrected chi connectivity index (χ1v) is 6.70. The molecule has 3 N–H and O–H groups in total. The van der Waals surface area contributed by atoms with Crippen LogP contribution in [-0.2, 0) is 9.63 Å². The van der Waals surface area contributed by atoms with Crippen LogP contribution in [-0.4, -0.2) is 30.0 Å². The summed E-state index contributed by atoms with van der Waals surface area (Å²) < 4.78 is 0. The van der Waals surface area contributed by atoms with Crippen LogP contribution in [0.15, 0.2) is 0 Å². The predicted octanol–water partition coefficient (Wildman–Crippen LogP) is 0.953. The summed E-state index contributed by atoms with van der Waals surface area (Å²) in [7, 11) is 0. The van der Waals surface area contributed by atoms with E-state index in [0.29, 0.717) is 12.5 Å². The molecule has 1 aliphatic heterocycles. The number of nitrogens with one attached hydrogen (secondary N) is 1. The Labute approximate surface area is 103 Å². The van der Waals surface area contributed by atoms with E-state index in [1.54, 1.807) is 0 Å². The average Bonchev–Trinajstić information content (AvgIpc) is 2.97. The summed E-state index contributed by atoms with van der Waals surface area (Å²) in [5, 5.41) is 0. The maximum Gasteiger partial charge on any atom is 0.327 e. The van der Waals surface area contributed by atoms with E-state index in [2.05, 4.69) is 9.74 Å². The van der Waals surface area contributed by atoms with Gasteiger partial charge in [-0.2, -0.15) is 0 Å². The maximum atomic E-state index is 11.2. The number of nitrogens with two attached hydrogens (primary N) is 1. The first-order chi connectivity index (χ1) is 8.31. The second-order valence-corrected chi connectivity index (χ2v) is 5.13. The second-order valence-electron chi connectivity index (χ2n) is 5.13. The Morgan fingerprint density at radius 3 is 2.76 bits per heavy atom. The highest BCUT2D eigenvalue weighted by atomic mass is 16.7. The van der Waals surface area contributed by atoms with Crippen LogP contribution in [0.1, 0.15) is 44.9 Å². The van der Waals surface area contributed by atoms with E-state index in [1.807, 2.05) is 5.59 Å². The molecule has 1 aliphatic carbocycles. The van der Waals surface area contributed by atoms with E-state index >= 15 is 0 Å². The summed E-state index contributed by atoms with van der Waals surface area (Å²) in [6.07, 6.45) is 8.50. The van der Waals surface area contributed by atoms with E-state index in [0.717, 1.165) is 19.0 Å². The van der Waals surface area contributed by atoms with Crippen LogP contribution in [0.2, 0.25) is 0 Å². The molecule has 0 aromatic rings. The maximum absolute atomic E-state index is 11.2. The fourth-order valence-corrected chi connectivity index (χ4v) is 3.36. The molecule has 0 spiro atoms. The number of likely N-dealkylation sites (tertiary alicyclic amines) is 1. The lowest BCUT2D eigenvalue weighted by atomic mass is 9.96. The fourth-order valence-electron chi connectivity index (χ4n) is 3.36. The summed E-state index contributed by atoms with van der Waals surface area (Å²) in [4.78, 5) is 18.2. The van der Waals surface area contributed by atoms with Gasteiger partial charge in [-0.15, -0.1) is 0 Å². The number of carbonyl (C=O) groups is 1. The minimum atomic E-state index is -0.274. The first-order valence-electron chi connectivity index (χ1n) is 6.70. The Morgan fingerprint density at radius 1 is 1.29 bits per heavy atom. The van der Waals surface area contributed by atoms with Gasteiger partial charge < -0.3 is 4.84 Å². The SMILES string of the molecule is NNOC(=O)CCN1CCCC1C1CCCC1. The third-order valence-corrected chi connectivity index (χ3v) is 4.13. The molecule has 1 atom stereocenters. The van der Waals surface area contributed by atoms with Gasteiger partial charge in [-0.25, -0.2) is 5.84 Å². The zero-order valence-corrected chi connectivity index (χ0v) is 10.4. The Kier molecular flexibility index (Phi) is 4.76. The summed E-state index contributed by atoms with van der Waals surface area (Å²) in [6, 6.07) is 0.705. The standard InChI is InChI=1S/C12H23N3O2/c13-14-17-12(16)7-9-15-8-3-6-11(15)10-4-1-2-5-10/h10-11,14H,1-9,13H2. The van der Waals surface area contributed by atoms with E-state index in [1.165, 1.54) is 38.5 Å². The van der Waals surface area contributed by atoms with Gasteiger partial charge in [0, 0.05) is 12.6 Å². The van der Waals surface area contributed by atoms with Gasteiger partial charge >= 0.3 is 5.97 Å². The number of hydrogen-bond donors (Lipinski definition) is 2. The minimum absolute atomic E-state index is 0.274. The number of hydrazine groups is 1. The van der Waals surface area contributed by atoms with Crippen molar-refractivity contribution in [3.05, 3.63) is 0 Å². The largest absolute Gasteiger partial charge is 0.356 e. The van der Waals surface area contributed by atoms with Gasteiger partial charge in [-0.05, 0) is 38.1 Å². The fraction of sp³-hybridized carbons (Fsp3) is 0.917. The van der Waals surface area contributed by atoms with Crippen LogP contribution in [0.4, 0.5) is 0 Å². The summed E-state index contributed by atoms with van der Waals surface area (Å²) >= 11 is 0. The number of nitrogens with zero attached hydrogens (tertiary/aromatic N) is 1. The van der Waals surface area contributed by atoms with Crippen LogP contribution >= 0.6 is 0 Å². The molecule has 1 heterocycles. The summed E-state index contributed by atoms with van der Waals surface area (Å²) in [6.45, 7) is 1.94. The molecular weight excluding hydrogens is 218 g/mol. The third kappa shape index (κ3) is 3.40. The monoisotopic (exact) mass is 241 g/mol. The first kappa shape index (κ1) is 12.8. The Hall–Kier alpha value is -0.650. The van der Waals surface area contributed by atoms with Crippen molar-refractivity contribution in [3.8, 4) is 0 Å². The minimum Gasteiger partial charge on any atom is -0.356 e. The topological polar surface area (TPSA) is 67.6 Å². The van der Waals surface area contributed by atoms with Crippen molar-refractivity contribution in [2.45, 2.75) is 51.0 Å². The number of carbonyl (C=O) groups excluding carboxylic acids is 1. The molecule has 2 fully saturated rings. The van der Waals surface area contributed by atoms with Gasteiger partial charge in [0.1, 0.15) is 0 Å². The summed E-state index contributed by atoms with van der Waals surface area (Å²) in [5.41, 5.74) is 1.94. The van der Waals surface area contributed by atoms with Crippen molar-refractivity contribution in [1.82, 2.24) is 10.5 Å². The second kappa shape index (κ2) is 6.33. The Bertz CT molecular complexity index is 254. The highest BCUT2D eigenvalue weighted by Crippen LogP contribution is 2.35. The molecule has 0 radical (unpaired) electrons. The molecule has 1 unspecified atom stereocenters. The lowest BCUT2D eigenvalue weighted by Crippen LogP contribution is -2.37. The molecule has 1 saturated heterocycles. The van der Waals surface area contributed by atoms with Crippen LogP contribution < -0.4 is 11.4 Å². The van der Waals surface area contributed by atoms with Crippen molar-refractivity contribution in [3.63, 3.8) is 0 Å². The van der Waals surface area contributed by atoms with Crippen LogP contribution in [0.5, 0.6) is 0 Å². The van der Waals surface area contributed by atoms with Crippen molar-refractivity contribution in [1.29, 1.82) is 0 Å². The normalized spacial score (nSPS) is 26.5. The highest BCUT2D eigenvalue weighted by molar-refractivity contribution is 5.69.